The molecule has 0 aliphatic heterocycles. The van der Waals surface area contributed by atoms with Gasteiger partial charge in [0.15, 0.2) is 12.6 Å². The van der Waals surface area contributed by atoms with Crippen LogP contribution in [-0.2, 0) is 11.3 Å². The molecule has 1 heterocycles. The Hall–Kier alpha value is -2.28. The van der Waals surface area contributed by atoms with Crippen LogP contribution in [0.4, 0.5) is 18.9 Å². The molecule has 2 N–H and O–H groups in total. The molecule has 11 heteroatoms. The largest absolute Gasteiger partial charge is 0.493 e. The van der Waals surface area contributed by atoms with Gasteiger partial charge in [0, 0.05) is 57.2 Å². The van der Waals surface area contributed by atoms with E-state index in [0.717, 1.165) is 12.1 Å². The van der Waals surface area contributed by atoms with Gasteiger partial charge in [0.05, 0.1) is 6.61 Å². The summed E-state index contributed by atoms with van der Waals surface area (Å²) in [6.07, 6.45) is -2.28. The van der Waals surface area contributed by atoms with Crippen molar-refractivity contribution < 1.29 is 27.4 Å². The minimum absolute atomic E-state index is 0. The number of anilines is 1. The number of hydrogen-bond acceptors (Lipinski definition) is 5. The number of hydrogen-bond donors (Lipinski definition) is 2. The van der Waals surface area contributed by atoms with E-state index in [-0.39, 0.29) is 36.4 Å². The summed E-state index contributed by atoms with van der Waals surface area (Å²) < 4.78 is 52.7. The lowest BCUT2D eigenvalue weighted by Gasteiger charge is -2.15. The number of nitrogens with one attached hydrogen (secondary N) is 2. The minimum Gasteiger partial charge on any atom is -0.493 e. The van der Waals surface area contributed by atoms with Gasteiger partial charge in [-0.05, 0) is 18.2 Å². The molecule has 0 amide bonds. The van der Waals surface area contributed by atoms with Crippen molar-refractivity contribution in [2.75, 3.05) is 39.3 Å². The Labute approximate surface area is 196 Å². The molecule has 0 fully saturated rings. The standard InChI is InChI=1S/C20H25F3N4O3.HI/c1-24-19(27-16-7-3-8-17(12-16)29-11-5-10-28-2)26-13-15-6-4-9-25-18(15)30-14-20(21,22)23;/h3-4,6-9,12H,5,10-11,13-14H2,1-2H3,(H2,24,26,27);1H. The van der Waals surface area contributed by atoms with Crippen LogP contribution in [0, 0.1) is 0 Å². The second-order valence-electron chi connectivity index (χ2n) is 6.14. The van der Waals surface area contributed by atoms with Crippen LogP contribution in [0.1, 0.15) is 12.0 Å². The zero-order chi connectivity index (χ0) is 21.8. The number of aromatic nitrogens is 1. The quantitative estimate of drug-likeness (QED) is 0.198. The number of rotatable bonds is 10. The summed E-state index contributed by atoms with van der Waals surface area (Å²) in [6.45, 7) is -0.0709. The maximum absolute atomic E-state index is 12.4. The van der Waals surface area contributed by atoms with Crippen LogP contribution in [0.25, 0.3) is 0 Å². The topological polar surface area (TPSA) is 77.0 Å². The fraction of sp³-hybridized carbons (Fsp3) is 0.400. The van der Waals surface area contributed by atoms with Crippen molar-refractivity contribution in [3.63, 3.8) is 0 Å². The van der Waals surface area contributed by atoms with Gasteiger partial charge in [-0.15, -0.1) is 24.0 Å². The first kappa shape index (κ1) is 26.8. The van der Waals surface area contributed by atoms with Crippen molar-refractivity contribution in [2.45, 2.75) is 19.1 Å². The average Bonchev–Trinajstić information content (AvgIpc) is 2.73. The van der Waals surface area contributed by atoms with E-state index in [4.69, 9.17) is 14.2 Å². The zero-order valence-electron chi connectivity index (χ0n) is 17.2. The van der Waals surface area contributed by atoms with Gasteiger partial charge in [-0.2, -0.15) is 13.2 Å². The molecule has 0 bridgehead atoms. The number of methoxy groups -OCH3 is 1. The van der Waals surface area contributed by atoms with Gasteiger partial charge in [-0.1, -0.05) is 12.1 Å². The molecule has 0 atom stereocenters. The summed E-state index contributed by atoms with van der Waals surface area (Å²) in [5.41, 5.74) is 1.21. The maximum atomic E-state index is 12.4. The second kappa shape index (κ2) is 13.9. The summed E-state index contributed by atoms with van der Waals surface area (Å²) in [4.78, 5) is 8.00. The number of halogens is 4. The molecule has 0 saturated carbocycles. The van der Waals surface area contributed by atoms with Crippen molar-refractivity contribution >= 4 is 35.6 Å². The minimum atomic E-state index is -4.43. The Morgan fingerprint density at radius 1 is 1.13 bits per heavy atom. The highest BCUT2D eigenvalue weighted by molar-refractivity contribution is 14.0. The Morgan fingerprint density at radius 3 is 2.65 bits per heavy atom. The predicted octanol–water partition coefficient (Wildman–Crippen LogP) is 4.24. The van der Waals surface area contributed by atoms with Crippen molar-refractivity contribution in [1.82, 2.24) is 10.3 Å². The van der Waals surface area contributed by atoms with Crippen LogP contribution in [0.3, 0.4) is 0 Å². The van der Waals surface area contributed by atoms with Crippen molar-refractivity contribution in [2.24, 2.45) is 4.99 Å². The predicted molar refractivity (Wildman–Crippen MR) is 123 cm³/mol. The zero-order valence-corrected chi connectivity index (χ0v) is 19.6. The Morgan fingerprint density at radius 2 is 1.94 bits per heavy atom. The first-order valence-corrected chi connectivity index (χ1v) is 9.24. The summed E-state index contributed by atoms with van der Waals surface area (Å²) in [7, 11) is 3.23. The fourth-order valence-corrected chi connectivity index (χ4v) is 2.39. The van der Waals surface area contributed by atoms with Gasteiger partial charge < -0.3 is 24.8 Å². The summed E-state index contributed by atoms with van der Waals surface area (Å²) >= 11 is 0. The van der Waals surface area contributed by atoms with Crippen LogP contribution in [-0.4, -0.2) is 51.1 Å². The molecule has 0 radical (unpaired) electrons. The van der Waals surface area contributed by atoms with Crippen LogP contribution in [0.15, 0.2) is 47.6 Å². The molecular formula is C20H26F3IN4O3. The molecule has 0 unspecified atom stereocenters. The first-order chi connectivity index (χ1) is 14.4. The van der Waals surface area contributed by atoms with Gasteiger partial charge in [-0.25, -0.2) is 4.98 Å². The van der Waals surface area contributed by atoms with Gasteiger partial charge >= 0.3 is 6.18 Å². The van der Waals surface area contributed by atoms with E-state index in [1.807, 2.05) is 24.3 Å². The molecule has 31 heavy (non-hydrogen) atoms. The van der Waals surface area contributed by atoms with Crippen LogP contribution >= 0.6 is 24.0 Å². The van der Waals surface area contributed by atoms with E-state index in [2.05, 4.69) is 20.6 Å². The Bertz CT molecular complexity index is 822. The lowest BCUT2D eigenvalue weighted by molar-refractivity contribution is -0.154. The van der Waals surface area contributed by atoms with Gasteiger partial charge in [0.25, 0.3) is 0 Å². The molecular weight excluding hydrogens is 528 g/mol. The summed E-state index contributed by atoms with van der Waals surface area (Å²) in [5.74, 6) is 1.04. The lowest BCUT2D eigenvalue weighted by atomic mass is 10.2. The monoisotopic (exact) mass is 554 g/mol. The molecule has 7 nitrogen and oxygen atoms in total. The van der Waals surface area contributed by atoms with Crippen LogP contribution in [0.2, 0.25) is 0 Å². The molecule has 0 spiro atoms. The van der Waals surface area contributed by atoms with Crippen LogP contribution in [0.5, 0.6) is 11.6 Å². The summed E-state index contributed by atoms with van der Waals surface area (Å²) in [5, 5.41) is 6.14. The average molecular weight is 554 g/mol. The number of alkyl halides is 3. The third-order valence-corrected chi connectivity index (χ3v) is 3.75. The molecule has 1 aromatic carbocycles. The Balaban J connectivity index is 0.00000480. The molecule has 1 aromatic heterocycles. The molecule has 172 valence electrons. The normalized spacial score (nSPS) is 11.5. The number of pyridine rings is 1. The number of benzene rings is 1. The second-order valence-corrected chi connectivity index (χ2v) is 6.14. The van der Waals surface area contributed by atoms with Crippen molar-refractivity contribution in [1.29, 1.82) is 0 Å². The van der Waals surface area contributed by atoms with Crippen molar-refractivity contribution in [3.8, 4) is 11.6 Å². The Kier molecular flexibility index (Phi) is 12.0. The number of nitrogens with zero attached hydrogens (tertiary/aromatic N) is 2. The number of guanidine groups is 1. The number of aliphatic imine (C=N–C) groups is 1. The molecule has 2 aromatic rings. The van der Waals surface area contributed by atoms with E-state index in [1.165, 1.54) is 6.20 Å². The third kappa shape index (κ3) is 10.5. The summed E-state index contributed by atoms with van der Waals surface area (Å²) in [6, 6.07) is 10.6. The highest BCUT2D eigenvalue weighted by atomic mass is 127. The lowest BCUT2D eigenvalue weighted by Crippen LogP contribution is -2.30. The molecule has 0 aliphatic carbocycles. The van der Waals surface area contributed by atoms with Crippen LogP contribution < -0.4 is 20.1 Å². The molecule has 0 saturated heterocycles. The van der Waals surface area contributed by atoms with E-state index in [9.17, 15) is 13.2 Å². The van der Waals surface area contributed by atoms with Gasteiger partial charge in [0.2, 0.25) is 5.88 Å². The molecule has 0 aliphatic rings. The SMILES string of the molecule is CN=C(NCc1cccnc1OCC(F)(F)F)Nc1cccc(OCCCOC)c1.I. The van der Waals surface area contributed by atoms with E-state index in [1.54, 1.807) is 26.3 Å². The van der Waals surface area contributed by atoms with E-state index < -0.39 is 12.8 Å². The van der Waals surface area contributed by atoms with Gasteiger partial charge in [-0.3, -0.25) is 4.99 Å². The first-order valence-electron chi connectivity index (χ1n) is 9.24. The highest BCUT2D eigenvalue weighted by Gasteiger charge is 2.29. The maximum Gasteiger partial charge on any atom is 0.422 e. The molecule has 2 rings (SSSR count). The third-order valence-electron chi connectivity index (χ3n) is 3.75. The van der Waals surface area contributed by atoms with E-state index in [0.29, 0.717) is 30.5 Å². The van der Waals surface area contributed by atoms with Gasteiger partial charge in [0.1, 0.15) is 5.75 Å². The smallest absolute Gasteiger partial charge is 0.422 e. The number of ether oxygens (including phenoxy) is 3. The highest BCUT2D eigenvalue weighted by Crippen LogP contribution is 2.20. The van der Waals surface area contributed by atoms with Crippen molar-refractivity contribution in [3.05, 3.63) is 48.2 Å². The van der Waals surface area contributed by atoms with E-state index >= 15 is 0 Å². The fourth-order valence-electron chi connectivity index (χ4n) is 2.39.